The maximum atomic E-state index is 11.7. The number of pyridine rings is 1. The summed E-state index contributed by atoms with van der Waals surface area (Å²) in [7, 11) is 0. The van der Waals surface area contributed by atoms with Crippen molar-refractivity contribution in [3.05, 3.63) is 28.5 Å². The van der Waals surface area contributed by atoms with Crippen molar-refractivity contribution in [3.63, 3.8) is 0 Å². The van der Waals surface area contributed by atoms with E-state index in [1.807, 2.05) is 19.1 Å². The number of halogens is 1. The van der Waals surface area contributed by atoms with Crippen molar-refractivity contribution in [2.45, 2.75) is 45.8 Å². The summed E-state index contributed by atoms with van der Waals surface area (Å²) in [5.41, 5.74) is 6.84. The fourth-order valence-corrected chi connectivity index (χ4v) is 1.68. The number of esters is 1. The van der Waals surface area contributed by atoms with Gasteiger partial charge in [0.2, 0.25) is 0 Å². The Morgan fingerprint density at radius 1 is 1.50 bits per heavy atom. The van der Waals surface area contributed by atoms with Crippen LogP contribution in [0.1, 0.15) is 32.0 Å². The van der Waals surface area contributed by atoms with Gasteiger partial charge in [0.15, 0.2) is 0 Å². The van der Waals surface area contributed by atoms with E-state index >= 15 is 0 Å². The van der Waals surface area contributed by atoms with E-state index in [1.165, 1.54) is 0 Å². The standard InChI is InChI=1S/C13H19ClN2O2/c1-8-5-6-9(11(14)16-8)7-10(15)12(17)18-13(2,3)4/h5-6,10H,7,15H2,1-4H3. The minimum Gasteiger partial charge on any atom is -0.459 e. The second-order valence-corrected chi connectivity index (χ2v) is 5.60. The summed E-state index contributed by atoms with van der Waals surface area (Å²) < 4.78 is 5.21. The average molecular weight is 271 g/mol. The lowest BCUT2D eigenvalue weighted by atomic mass is 10.1. The molecule has 1 heterocycles. The molecule has 0 amide bonds. The molecule has 1 aromatic rings. The molecule has 0 saturated carbocycles. The van der Waals surface area contributed by atoms with Crippen LogP contribution >= 0.6 is 11.6 Å². The zero-order valence-electron chi connectivity index (χ0n) is 11.2. The highest BCUT2D eigenvalue weighted by Gasteiger charge is 2.23. The van der Waals surface area contributed by atoms with Crippen LogP contribution in [0.4, 0.5) is 0 Å². The molecule has 4 nitrogen and oxygen atoms in total. The molecule has 0 fully saturated rings. The molecule has 1 unspecified atom stereocenters. The van der Waals surface area contributed by atoms with Gasteiger partial charge >= 0.3 is 5.97 Å². The van der Waals surface area contributed by atoms with E-state index in [1.54, 1.807) is 20.8 Å². The van der Waals surface area contributed by atoms with E-state index in [-0.39, 0.29) is 0 Å². The van der Waals surface area contributed by atoms with E-state index < -0.39 is 17.6 Å². The number of aromatic nitrogens is 1. The molecule has 0 radical (unpaired) electrons. The van der Waals surface area contributed by atoms with Gasteiger partial charge in [-0.05, 0) is 39.3 Å². The molecule has 1 atom stereocenters. The van der Waals surface area contributed by atoms with Crippen molar-refractivity contribution in [2.75, 3.05) is 0 Å². The molecule has 100 valence electrons. The molecule has 5 heteroatoms. The van der Waals surface area contributed by atoms with Crippen molar-refractivity contribution in [3.8, 4) is 0 Å². The molecule has 1 aromatic heterocycles. The maximum Gasteiger partial charge on any atom is 0.323 e. The van der Waals surface area contributed by atoms with Gasteiger partial charge in [0, 0.05) is 12.1 Å². The summed E-state index contributed by atoms with van der Waals surface area (Å²) in [6.07, 6.45) is 0.320. The zero-order valence-corrected chi connectivity index (χ0v) is 11.9. The van der Waals surface area contributed by atoms with Gasteiger partial charge in [0.1, 0.15) is 16.8 Å². The Labute approximate surface area is 112 Å². The Bertz CT molecular complexity index is 441. The summed E-state index contributed by atoms with van der Waals surface area (Å²) in [5.74, 6) is -0.431. The van der Waals surface area contributed by atoms with E-state index in [4.69, 9.17) is 22.1 Å². The lowest BCUT2D eigenvalue weighted by Crippen LogP contribution is -2.38. The summed E-state index contributed by atoms with van der Waals surface area (Å²) in [6.45, 7) is 7.26. The lowest BCUT2D eigenvalue weighted by molar-refractivity contribution is -0.156. The van der Waals surface area contributed by atoms with Gasteiger partial charge < -0.3 is 10.5 Å². The van der Waals surface area contributed by atoms with Crippen LogP contribution in [0.2, 0.25) is 5.15 Å². The smallest absolute Gasteiger partial charge is 0.323 e. The summed E-state index contributed by atoms with van der Waals surface area (Å²) in [4.78, 5) is 15.8. The number of rotatable bonds is 3. The molecule has 0 aromatic carbocycles. The van der Waals surface area contributed by atoms with E-state index in [9.17, 15) is 4.79 Å². The Morgan fingerprint density at radius 3 is 2.61 bits per heavy atom. The van der Waals surface area contributed by atoms with Gasteiger partial charge in [-0.1, -0.05) is 17.7 Å². The number of carbonyl (C=O) groups excluding carboxylic acids is 1. The van der Waals surface area contributed by atoms with Crippen molar-refractivity contribution in [1.82, 2.24) is 4.98 Å². The van der Waals surface area contributed by atoms with E-state index in [0.29, 0.717) is 11.6 Å². The fraction of sp³-hybridized carbons (Fsp3) is 0.538. The van der Waals surface area contributed by atoms with Gasteiger partial charge in [-0.2, -0.15) is 0 Å². The van der Waals surface area contributed by atoms with Crippen molar-refractivity contribution in [2.24, 2.45) is 5.73 Å². The van der Waals surface area contributed by atoms with Crippen LogP contribution in [0, 0.1) is 6.92 Å². The first-order valence-electron chi connectivity index (χ1n) is 5.79. The highest BCUT2D eigenvalue weighted by Crippen LogP contribution is 2.16. The first-order chi connectivity index (χ1) is 8.19. The predicted molar refractivity (Wildman–Crippen MR) is 71.5 cm³/mol. The van der Waals surface area contributed by atoms with Gasteiger partial charge in [-0.3, -0.25) is 4.79 Å². The Balaban J connectivity index is 2.69. The molecule has 0 saturated heterocycles. The molecule has 2 N–H and O–H groups in total. The number of hydrogen-bond acceptors (Lipinski definition) is 4. The quantitative estimate of drug-likeness (QED) is 0.676. The van der Waals surface area contributed by atoms with Crippen LogP contribution < -0.4 is 5.73 Å². The molecule has 0 bridgehead atoms. The number of carbonyl (C=O) groups is 1. The highest BCUT2D eigenvalue weighted by molar-refractivity contribution is 6.30. The van der Waals surface area contributed by atoms with Crippen LogP contribution in [0.15, 0.2) is 12.1 Å². The number of aryl methyl sites for hydroxylation is 1. The van der Waals surface area contributed by atoms with E-state index in [2.05, 4.69) is 4.98 Å². The number of nitrogens with two attached hydrogens (primary N) is 1. The molecule has 18 heavy (non-hydrogen) atoms. The third kappa shape index (κ3) is 4.63. The van der Waals surface area contributed by atoms with Gasteiger partial charge in [0.25, 0.3) is 0 Å². The normalized spacial score (nSPS) is 13.2. The largest absolute Gasteiger partial charge is 0.459 e. The zero-order chi connectivity index (χ0) is 13.9. The van der Waals surface area contributed by atoms with Crippen LogP contribution in [0.3, 0.4) is 0 Å². The minimum atomic E-state index is -0.730. The van der Waals surface area contributed by atoms with Gasteiger partial charge in [0.05, 0.1) is 0 Å². The first-order valence-corrected chi connectivity index (χ1v) is 6.17. The van der Waals surface area contributed by atoms with Crippen molar-refractivity contribution >= 4 is 17.6 Å². The number of hydrogen-bond donors (Lipinski definition) is 1. The van der Waals surface area contributed by atoms with Crippen LogP contribution in [0.25, 0.3) is 0 Å². The lowest BCUT2D eigenvalue weighted by Gasteiger charge is -2.22. The maximum absolute atomic E-state index is 11.7. The molecular weight excluding hydrogens is 252 g/mol. The molecule has 1 rings (SSSR count). The average Bonchev–Trinajstić information content (AvgIpc) is 2.19. The van der Waals surface area contributed by atoms with Crippen LogP contribution in [0.5, 0.6) is 0 Å². The minimum absolute atomic E-state index is 0.320. The fourth-order valence-electron chi connectivity index (χ4n) is 1.40. The van der Waals surface area contributed by atoms with Gasteiger partial charge in [-0.15, -0.1) is 0 Å². The van der Waals surface area contributed by atoms with E-state index in [0.717, 1.165) is 11.3 Å². The summed E-state index contributed by atoms with van der Waals surface area (Å²) in [6, 6.07) is 2.93. The first kappa shape index (κ1) is 14.9. The van der Waals surface area contributed by atoms with Crippen molar-refractivity contribution in [1.29, 1.82) is 0 Å². The Kier molecular flexibility index (Phi) is 4.71. The van der Waals surface area contributed by atoms with Gasteiger partial charge in [-0.25, -0.2) is 4.98 Å². The monoisotopic (exact) mass is 270 g/mol. The molecular formula is C13H19ClN2O2. The number of ether oxygens (including phenoxy) is 1. The topological polar surface area (TPSA) is 65.2 Å². The predicted octanol–water partition coefficient (Wildman–Crippen LogP) is 2.25. The second kappa shape index (κ2) is 5.67. The van der Waals surface area contributed by atoms with Crippen LogP contribution in [-0.2, 0) is 16.0 Å². The molecule has 0 aliphatic heterocycles. The third-order valence-corrected chi connectivity index (χ3v) is 2.54. The Hall–Kier alpha value is -1.13. The SMILES string of the molecule is Cc1ccc(CC(N)C(=O)OC(C)(C)C)c(Cl)n1. The molecule has 0 spiro atoms. The third-order valence-electron chi connectivity index (χ3n) is 2.21. The number of nitrogens with zero attached hydrogens (tertiary/aromatic N) is 1. The Morgan fingerprint density at radius 2 is 2.11 bits per heavy atom. The summed E-state index contributed by atoms with van der Waals surface area (Å²) in [5, 5.41) is 0.383. The summed E-state index contributed by atoms with van der Waals surface area (Å²) >= 11 is 5.99. The second-order valence-electron chi connectivity index (χ2n) is 5.25. The molecule has 0 aliphatic carbocycles. The highest BCUT2D eigenvalue weighted by atomic mass is 35.5. The van der Waals surface area contributed by atoms with Crippen LogP contribution in [-0.4, -0.2) is 22.6 Å². The van der Waals surface area contributed by atoms with Crippen molar-refractivity contribution < 1.29 is 9.53 Å². The molecule has 0 aliphatic rings.